The van der Waals surface area contributed by atoms with Crippen molar-refractivity contribution in [3.05, 3.63) is 71.8 Å². The van der Waals surface area contributed by atoms with E-state index in [0.29, 0.717) is 0 Å². The van der Waals surface area contributed by atoms with Crippen LogP contribution in [0.1, 0.15) is 23.3 Å². The maximum absolute atomic E-state index is 14.1. The zero-order valence-electron chi connectivity index (χ0n) is 10.1. The number of halogens is 2. The lowest BCUT2D eigenvalue weighted by atomic mass is 9.95. The van der Waals surface area contributed by atoms with Crippen LogP contribution in [-0.2, 0) is 0 Å². The molecule has 0 saturated heterocycles. The molecule has 0 amide bonds. The Hall–Kier alpha value is -1.78. The number of rotatable bonds is 4. The van der Waals surface area contributed by atoms with Gasteiger partial charge in [0.05, 0.1) is 0 Å². The zero-order chi connectivity index (χ0) is 13.9. The largest absolute Gasteiger partial charge is 0.382 e. The van der Waals surface area contributed by atoms with Crippen LogP contribution in [0, 0.1) is 0 Å². The molecule has 0 fully saturated rings. The van der Waals surface area contributed by atoms with Gasteiger partial charge in [-0.25, -0.2) is 8.78 Å². The molecule has 100 valence electrons. The first-order valence-corrected chi connectivity index (χ1v) is 5.87. The SMILES string of the molecule is O[C@@H](c1ccccc1)C(F)(F)[C@@H](O)c1ccccc1. The summed E-state index contributed by atoms with van der Waals surface area (Å²) in [6.45, 7) is 0. The molecular formula is C15H14F2O2. The van der Waals surface area contributed by atoms with E-state index in [1.54, 1.807) is 36.4 Å². The molecule has 2 rings (SSSR count). The molecule has 0 spiro atoms. The second-order valence-corrected chi connectivity index (χ2v) is 4.30. The third kappa shape index (κ3) is 2.80. The van der Waals surface area contributed by atoms with E-state index in [1.807, 2.05) is 0 Å². The number of alkyl halides is 2. The normalized spacial score (nSPS) is 14.9. The Bertz CT molecular complexity index is 467. The highest BCUT2D eigenvalue weighted by atomic mass is 19.3. The topological polar surface area (TPSA) is 40.5 Å². The van der Waals surface area contributed by atoms with Crippen molar-refractivity contribution in [3.63, 3.8) is 0 Å². The lowest BCUT2D eigenvalue weighted by Crippen LogP contribution is -2.33. The smallest absolute Gasteiger partial charge is 0.306 e. The van der Waals surface area contributed by atoms with Crippen LogP contribution in [0.3, 0.4) is 0 Å². The molecule has 2 nitrogen and oxygen atoms in total. The Morgan fingerprint density at radius 3 is 1.32 bits per heavy atom. The van der Waals surface area contributed by atoms with Gasteiger partial charge in [0.2, 0.25) is 0 Å². The van der Waals surface area contributed by atoms with E-state index in [2.05, 4.69) is 0 Å². The minimum absolute atomic E-state index is 0.0717. The van der Waals surface area contributed by atoms with Crippen LogP contribution in [-0.4, -0.2) is 16.1 Å². The van der Waals surface area contributed by atoms with Gasteiger partial charge in [0.15, 0.2) is 0 Å². The second-order valence-electron chi connectivity index (χ2n) is 4.30. The van der Waals surface area contributed by atoms with Crippen LogP contribution in [0.15, 0.2) is 60.7 Å². The molecule has 2 aromatic rings. The van der Waals surface area contributed by atoms with E-state index in [9.17, 15) is 19.0 Å². The van der Waals surface area contributed by atoms with Gasteiger partial charge in [0.1, 0.15) is 12.2 Å². The molecule has 19 heavy (non-hydrogen) atoms. The number of benzene rings is 2. The van der Waals surface area contributed by atoms with Crippen molar-refractivity contribution in [2.45, 2.75) is 18.1 Å². The summed E-state index contributed by atoms with van der Waals surface area (Å²) in [5.74, 6) is -3.66. The lowest BCUT2D eigenvalue weighted by molar-refractivity contribution is -0.181. The fourth-order valence-corrected chi connectivity index (χ4v) is 1.86. The highest BCUT2D eigenvalue weighted by Crippen LogP contribution is 2.41. The molecule has 0 aromatic heterocycles. The Kier molecular flexibility index (Phi) is 3.93. The van der Waals surface area contributed by atoms with Gasteiger partial charge in [-0.05, 0) is 11.1 Å². The average molecular weight is 264 g/mol. The predicted molar refractivity (Wildman–Crippen MR) is 67.8 cm³/mol. The first kappa shape index (κ1) is 13.6. The lowest BCUT2D eigenvalue weighted by Gasteiger charge is -2.27. The van der Waals surface area contributed by atoms with Gasteiger partial charge in [-0.3, -0.25) is 0 Å². The summed E-state index contributed by atoms with van der Waals surface area (Å²) < 4.78 is 28.2. The molecule has 2 N–H and O–H groups in total. The van der Waals surface area contributed by atoms with E-state index in [4.69, 9.17) is 0 Å². The van der Waals surface area contributed by atoms with Crippen LogP contribution in [0.4, 0.5) is 8.78 Å². The van der Waals surface area contributed by atoms with Crippen LogP contribution >= 0.6 is 0 Å². The number of hydrogen-bond donors (Lipinski definition) is 2. The van der Waals surface area contributed by atoms with E-state index >= 15 is 0 Å². The number of hydrogen-bond acceptors (Lipinski definition) is 2. The molecule has 0 heterocycles. The van der Waals surface area contributed by atoms with Gasteiger partial charge in [-0.2, -0.15) is 0 Å². The maximum atomic E-state index is 14.1. The van der Waals surface area contributed by atoms with Gasteiger partial charge in [0, 0.05) is 0 Å². The Morgan fingerprint density at radius 2 is 1.00 bits per heavy atom. The van der Waals surface area contributed by atoms with Crippen molar-refractivity contribution in [2.75, 3.05) is 0 Å². The third-order valence-electron chi connectivity index (χ3n) is 2.96. The van der Waals surface area contributed by atoms with E-state index < -0.39 is 18.1 Å². The summed E-state index contributed by atoms with van der Waals surface area (Å²) in [5, 5.41) is 19.5. The fraction of sp³-hybridized carbons (Fsp3) is 0.200. The summed E-state index contributed by atoms with van der Waals surface area (Å²) in [4.78, 5) is 0. The van der Waals surface area contributed by atoms with Crippen molar-refractivity contribution < 1.29 is 19.0 Å². The van der Waals surface area contributed by atoms with Gasteiger partial charge in [-0.15, -0.1) is 0 Å². The first-order valence-electron chi connectivity index (χ1n) is 5.87. The van der Waals surface area contributed by atoms with Crippen molar-refractivity contribution in [1.29, 1.82) is 0 Å². The molecule has 0 aliphatic heterocycles. The quantitative estimate of drug-likeness (QED) is 0.890. The first-order chi connectivity index (χ1) is 9.03. The number of aliphatic hydroxyl groups is 2. The number of aliphatic hydroxyl groups excluding tert-OH is 2. The van der Waals surface area contributed by atoms with Crippen LogP contribution in [0.5, 0.6) is 0 Å². The predicted octanol–water partition coefficient (Wildman–Crippen LogP) is 3.09. The molecular weight excluding hydrogens is 250 g/mol. The summed E-state index contributed by atoms with van der Waals surface area (Å²) in [6, 6.07) is 15.2. The maximum Gasteiger partial charge on any atom is 0.306 e. The summed E-state index contributed by atoms with van der Waals surface area (Å²) in [5.41, 5.74) is 0.143. The minimum atomic E-state index is -3.66. The standard InChI is InChI=1S/C15H14F2O2/c16-15(17,13(18)11-7-3-1-4-8-11)14(19)12-9-5-2-6-10-12/h1-10,13-14,18-19H/t13-,14-/m0/s1. The van der Waals surface area contributed by atoms with Crippen molar-refractivity contribution in [3.8, 4) is 0 Å². The van der Waals surface area contributed by atoms with Gasteiger partial charge in [-0.1, -0.05) is 60.7 Å². The summed E-state index contributed by atoms with van der Waals surface area (Å²) in [6.07, 6.45) is -4.10. The third-order valence-corrected chi connectivity index (χ3v) is 2.96. The van der Waals surface area contributed by atoms with Crippen LogP contribution in [0.25, 0.3) is 0 Å². The van der Waals surface area contributed by atoms with Crippen molar-refractivity contribution in [1.82, 2.24) is 0 Å². The van der Waals surface area contributed by atoms with Crippen molar-refractivity contribution >= 4 is 0 Å². The highest BCUT2D eigenvalue weighted by molar-refractivity contribution is 5.24. The molecule has 2 atom stereocenters. The van der Waals surface area contributed by atoms with Gasteiger partial charge in [0.25, 0.3) is 0 Å². The minimum Gasteiger partial charge on any atom is -0.382 e. The summed E-state index contributed by atoms with van der Waals surface area (Å²) >= 11 is 0. The van der Waals surface area contributed by atoms with E-state index in [-0.39, 0.29) is 11.1 Å². The van der Waals surface area contributed by atoms with Crippen molar-refractivity contribution in [2.24, 2.45) is 0 Å². The molecule has 0 aliphatic rings. The van der Waals surface area contributed by atoms with Gasteiger partial charge < -0.3 is 10.2 Å². The van der Waals surface area contributed by atoms with Gasteiger partial charge >= 0.3 is 5.92 Å². The molecule has 0 aliphatic carbocycles. The average Bonchev–Trinajstić information content (AvgIpc) is 2.47. The molecule has 0 unspecified atom stereocenters. The molecule has 0 bridgehead atoms. The Labute approximate surface area is 110 Å². The molecule has 4 heteroatoms. The van der Waals surface area contributed by atoms with E-state index in [0.717, 1.165) is 0 Å². The highest BCUT2D eigenvalue weighted by Gasteiger charge is 2.47. The second kappa shape index (κ2) is 5.47. The van der Waals surface area contributed by atoms with Crippen LogP contribution < -0.4 is 0 Å². The zero-order valence-corrected chi connectivity index (χ0v) is 10.1. The molecule has 0 saturated carbocycles. The van der Waals surface area contributed by atoms with Crippen LogP contribution in [0.2, 0.25) is 0 Å². The summed E-state index contributed by atoms with van der Waals surface area (Å²) in [7, 11) is 0. The van der Waals surface area contributed by atoms with E-state index in [1.165, 1.54) is 24.3 Å². The fourth-order valence-electron chi connectivity index (χ4n) is 1.86. The Morgan fingerprint density at radius 1 is 0.684 bits per heavy atom. The monoisotopic (exact) mass is 264 g/mol. The molecule has 0 radical (unpaired) electrons. The molecule has 2 aromatic carbocycles. The Balaban J connectivity index is 2.27.